The molecule has 2 saturated heterocycles. The Morgan fingerprint density at radius 3 is 2.77 bits per heavy atom. The van der Waals surface area contributed by atoms with Crippen LogP contribution in [0.2, 0.25) is 0 Å². The maximum atomic E-state index is 5.43. The molecule has 2 aliphatic heterocycles. The van der Waals surface area contributed by atoms with Crippen molar-refractivity contribution in [2.45, 2.75) is 25.3 Å². The third kappa shape index (κ3) is 2.93. The summed E-state index contributed by atoms with van der Waals surface area (Å²) in [6, 6.07) is 0.576. The van der Waals surface area contributed by atoms with Crippen molar-refractivity contribution in [2.24, 2.45) is 0 Å². The molecule has 2 heterocycles. The van der Waals surface area contributed by atoms with Gasteiger partial charge in [-0.1, -0.05) is 6.42 Å². The number of likely N-dealkylation sites (tertiary alicyclic amines) is 1. The van der Waals surface area contributed by atoms with Crippen LogP contribution >= 0.6 is 0 Å². The molecule has 0 radical (unpaired) electrons. The highest BCUT2D eigenvalue weighted by Crippen LogP contribution is 2.09. The number of ether oxygens (including phenoxy) is 1. The van der Waals surface area contributed by atoms with E-state index in [1.807, 2.05) is 0 Å². The summed E-state index contributed by atoms with van der Waals surface area (Å²) in [4.78, 5) is 2.57. The number of rotatable bonds is 2. The summed E-state index contributed by atoms with van der Waals surface area (Å²) >= 11 is 0. The average molecular weight is 184 g/mol. The van der Waals surface area contributed by atoms with E-state index in [9.17, 15) is 0 Å². The van der Waals surface area contributed by atoms with Crippen molar-refractivity contribution in [1.82, 2.24) is 10.2 Å². The van der Waals surface area contributed by atoms with Gasteiger partial charge >= 0.3 is 0 Å². The van der Waals surface area contributed by atoms with Crippen LogP contribution in [0.4, 0.5) is 0 Å². The van der Waals surface area contributed by atoms with E-state index in [1.165, 1.54) is 38.9 Å². The minimum atomic E-state index is 0.576. The van der Waals surface area contributed by atoms with Crippen LogP contribution in [0.5, 0.6) is 0 Å². The van der Waals surface area contributed by atoms with E-state index < -0.39 is 0 Å². The van der Waals surface area contributed by atoms with E-state index in [1.54, 1.807) is 0 Å². The Balaban J connectivity index is 1.69. The fourth-order valence-electron chi connectivity index (χ4n) is 2.19. The van der Waals surface area contributed by atoms with Crippen LogP contribution < -0.4 is 5.32 Å². The molecule has 76 valence electrons. The SMILES string of the molecule is C1CCN(CC2COCCN2)CC1. The Kier molecular flexibility index (Phi) is 3.58. The van der Waals surface area contributed by atoms with Crippen molar-refractivity contribution in [3.8, 4) is 0 Å². The number of hydrogen-bond donors (Lipinski definition) is 1. The molecule has 0 bridgehead atoms. The molecule has 1 N–H and O–H groups in total. The maximum Gasteiger partial charge on any atom is 0.0632 e. The molecule has 3 heteroatoms. The molecule has 3 nitrogen and oxygen atoms in total. The Bertz CT molecular complexity index is 124. The Labute approximate surface area is 80.4 Å². The third-order valence-corrected chi connectivity index (χ3v) is 2.93. The van der Waals surface area contributed by atoms with Gasteiger partial charge in [-0.3, -0.25) is 0 Å². The molecule has 0 aliphatic carbocycles. The molecule has 1 atom stereocenters. The average Bonchev–Trinajstić information content (AvgIpc) is 2.21. The summed E-state index contributed by atoms with van der Waals surface area (Å²) in [5.74, 6) is 0. The normalized spacial score (nSPS) is 31.8. The van der Waals surface area contributed by atoms with E-state index in [0.717, 1.165) is 19.8 Å². The topological polar surface area (TPSA) is 24.5 Å². The second-order valence-corrected chi connectivity index (χ2v) is 4.09. The van der Waals surface area contributed by atoms with Crippen molar-refractivity contribution in [3.05, 3.63) is 0 Å². The zero-order chi connectivity index (χ0) is 8.93. The van der Waals surface area contributed by atoms with Crippen LogP contribution in [0.1, 0.15) is 19.3 Å². The highest BCUT2D eigenvalue weighted by atomic mass is 16.5. The van der Waals surface area contributed by atoms with Gasteiger partial charge in [0.1, 0.15) is 0 Å². The Morgan fingerprint density at radius 2 is 2.08 bits per heavy atom. The van der Waals surface area contributed by atoms with Crippen LogP contribution in [0.15, 0.2) is 0 Å². The van der Waals surface area contributed by atoms with Crippen LogP contribution in [-0.2, 0) is 4.74 Å². The van der Waals surface area contributed by atoms with Gasteiger partial charge in [0.25, 0.3) is 0 Å². The number of morpholine rings is 1. The molecule has 0 aromatic heterocycles. The third-order valence-electron chi connectivity index (χ3n) is 2.93. The predicted molar refractivity (Wildman–Crippen MR) is 52.9 cm³/mol. The summed E-state index contributed by atoms with van der Waals surface area (Å²) < 4.78 is 5.43. The summed E-state index contributed by atoms with van der Waals surface area (Å²) in [6.07, 6.45) is 4.19. The van der Waals surface area contributed by atoms with E-state index in [2.05, 4.69) is 10.2 Å². The van der Waals surface area contributed by atoms with Gasteiger partial charge in [-0.25, -0.2) is 0 Å². The predicted octanol–water partition coefficient (Wildman–Crippen LogP) is 0.461. The van der Waals surface area contributed by atoms with Crippen molar-refractivity contribution in [1.29, 1.82) is 0 Å². The van der Waals surface area contributed by atoms with Gasteiger partial charge in [-0.05, 0) is 25.9 Å². The maximum absolute atomic E-state index is 5.43. The van der Waals surface area contributed by atoms with E-state index in [0.29, 0.717) is 6.04 Å². The minimum absolute atomic E-state index is 0.576. The van der Waals surface area contributed by atoms with E-state index >= 15 is 0 Å². The molecular formula is C10H20N2O. The zero-order valence-electron chi connectivity index (χ0n) is 8.30. The molecule has 0 amide bonds. The molecule has 2 fully saturated rings. The molecule has 2 rings (SSSR count). The number of piperidine rings is 1. The Hall–Kier alpha value is -0.120. The summed E-state index contributed by atoms with van der Waals surface area (Å²) in [7, 11) is 0. The molecule has 2 aliphatic rings. The van der Waals surface area contributed by atoms with E-state index in [-0.39, 0.29) is 0 Å². The van der Waals surface area contributed by atoms with Crippen LogP contribution in [0, 0.1) is 0 Å². The quantitative estimate of drug-likeness (QED) is 0.675. The van der Waals surface area contributed by atoms with E-state index in [4.69, 9.17) is 4.74 Å². The first-order valence-corrected chi connectivity index (χ1v) is 5.48. The molecule has 1 unspecified atom stereocenters. The lowest BCUT2D eigenvalue weighted by Crippen LogP contribution is -2.49. The van der Waals surface area contributed by atoms with Gasteiger partial charge in [0.05, 0.1) is 13.2 Å². The second kappa shape index (κ2) is 4.94. The summed E-state index contributed by atoms with van der Waals surface area (Å²) in [5, 5.41) is 3.50. The van der Waals surface area contributed by atoms with Crippen LogP contribution in [0.25, 0.3) is 0 Å². The lowest BCUT2D eigenvalue weighted by atomic mass is 10.1. The van der Waals surface area contributed by atoms with Crippen molar-refractivity contribution in [2.75, 3.05) is 39.4 Å². The van der Waals surface area contributed by atoms with Crippen LogP contribution in [0.3, 0.4) is 0 Å². The lowest BCUT2D eigenvalue weighted by molar-refractivity contribution is 0.0589. The van der Waals surface area contributed by atoms with Crippen molar-refractivity contribution < 1.29 is 4.74 Å². The first kappa shape index (κ1) is 9.44. The number of nitrogens with zero attached hydrogens (tertiary/aromatic N) is 1. The molecular weight excluding hydrogens is 164 g/mol. The zero-order valence-corrected chi connectivity index (χ0v) is 8.30. The first-order chi connectivity index (χ1) is 6.45. The highest BCUT2D eigenvalue weighted by Gasteiger charge is 2.18. The summed E-state index contributed by atoms with van der Waals surface area (Å²) in [6.45, 7) is 6.57. The van der Waals surface area contributed by atoms with Crippen molar-refractivity contribution in [3.63, 3.8) is 0 Å². The summed E-state index contributed by atoms with van der Waals surface area (Å²) in [5.41, 5.74) is 0. The Morgan fingerprint density at radius 1 is 1.23 bits per heavy atom. The minimum Gasteiger partial charge on any atom is -0.378 e. The first-order valence-electron chi connectivity index (χ1n) is 5.48. The standard InChI is InChI=1S/C10H20N2O/c1-2-5-12(6-3-1)8-10-9-13-7-4-11-10/h10-11H,1-9H2. The van der Waals surface area contributed by atoms with Gasteiger partial charge in [0.2, 0.25) is 0 Å². The monoisotopic (exact) mass is 184 g/mol. The second-order valence-electron chi connectivity index (χ2n) is 4.09. The van der Waals surface area contributed by atoms with Gasteiger partial charge in [-0.2, -0.15) is 0 Å². The molecule has 0 saturated carbocycles. The largest absolute Gasteiger partial charge is 0.378 e. The fraction of sp³-hybridized carbons (Fsp3) is 1.00. The highest BCUT2D eigenvalue weighted by molar-refractivity contribution is 4.76. The molecule has 0 spiro atoms. The fourth-order valence-corrected chi connectivity index (χ4v) is 2.19. The molecule has 0 aromatic carbocycles. The number of nitrogens with one attached hydrogen (secondary N) is 1. The van der Waals surface area contributed by atoms with Gasteiger partial charge in [0.15, 0.2) is 0 Å². The number of hydrogen-bond acceptors (Lipinski definition) is 3. The smallest absolute Gasteiger partial charge is 0.0632 e. The lowest BCUT2D eigenvalue weighted by Gasteiger charge is -2.32. The van der Waals surface area contributed by atoms with Gasteiger partial charge in [-0.15, -0.1) is 0 Å². The van der Waals surface area contributed by atoms with Gasteiger partial charge < -0.3 is 15.0 Å². The molecule has 13 heavy (non-hydrogen) atoms. The van der Waals surface area contributed by atoms with Crippen molar-refractivity contribution >= 4 is 0 Å². The molecule has 0 aromatic rings. The van der Waals surface area contributed by atoms with Crippen LogP contribution in [-0.4, -0.2) is 50.3 Å². The van der Waals surface area contributed by atoms with Gasteiger partial charge in [0, 0.05) is 19.1 Å².